The van der Waals surface area contributed by atoms with E-state index in [1.54, 1.807) is 18.4 Å². The van der Waals surface area contributed by atoms with Crippen LogP contribution in [0.3, 0.4) is 0 Å². The Morgan fingerprint density at radius 1 is 1.21 bits per heavy atom. The van der Waals surface area contributed by atoms with Crippen LogP contribution in [0.15, 0.2) is 30.5 Å². The summed E-state index contributed by atoms with van der Waals surface area (Å²) in [6, 6.07) is 7.58. The number of halogens is 1. The Morgan fingerprint density at radius 2 is 1.96 bits per heavy atom. The van der Waals surface area contributed by atoms with E-state index in [2.05, 4.69) is 4.98 Å². The molecule has 1 atom stereocenters. The van der Waals surface area contributed by atoms with Crippen LogP contribution in [0.5, 0.6) is 0 Å². The molecule has 1 aliphatic rings. The summed E-state index contributed by atoms with van der Waals surface area (Å²) in [7, 11) is 3.44. The van der Waals surface area contributed by atoms with Crippen molar-refractivity contribution in [3.05, 3.63) is 41.2 Å². The topological polar surface area (TPSA) is 69.6 Å². The number of nitrogens with zero attached hydrogens (tertiary/aromatic N) is 5. The highest BCUT2D eigenvalue weighted by Crippen LogP contribution is 2.35. The molecule has 0 saturated carbocycles. The molecule has 1 aromatic carbocycles. The van der Waals surface area contributed by atoms with Gasteiger partial charge >= 0.3 is 0 Å². The van der Waals surface area contributed by atoms with Crippen LogP contribution >= 0.6 is 11.6 Å². The van der Waals surface area contributed by atoms with Gasteiger partial charge in [-0.3, -0.25) is 0 Å². The highest BCUT2D eigenvalue weighted by molar-refractivity contribution is 7.86. The Hall–Kier alpha value is -1.74. The minimum absolute atomic E-state index is 0.0147. The number of aromatic nitrogens is 2. The lowest BCUT2D eigenvalue weighted by Gasteiger charge is -2.34. The highest BCUT2D eigenvalue weighted by Gasteiger charge is 2.33. The summed E-state index contributed by atoms with van der Waals surface area (Å²) >= 11 is 6.19. The molecule has 2 aromatic rings. The molecule has 152 valence electrons. The molecule has 3 rings (SSSR count). The summed E-state index contributed by atoms with van der Waals surface area (Å²) in [4.78, 5) is 11.1. The standard InChI is InChI=1S/C19H26ClN5O2S/c1-23(2)19-21-12-17(14-7-5-9-16(20)11-14)18(22-19)15-8-6-10-25(13-15)28(26,27)24(3)4/h5,7,9,11-12,15H,6,8,10,13H2,1-4H3/t15-/m0/s1. The van der Waals surface area contributed by atoms with E-state index in [1.807, 2.05) is 49.5 Å². The molecule has 9 heteroatoms. The fourth-order valence-corrected chi connectivity index (χ4v) is 4.78. The summed E-state index contributed by atoms with van der Waals surface area (Å²) in [5.74, 6) is 0.590. The quantitative estimate of drug-likeness (QED) is 0.739. The minimum Gasteiger partial charge on any atom is -0.347 e. The first kappa shape index (κ1) is 21.0. The van der Waals surface area contributed by atoms with Crippen molar-refractivity contribution in [2.75, 3.05) is 46.2 Å². The van der Waals surface area contributed by atoms with Crippen LogP contribution < -0.4 is 4.90 Å². The third-order valence-electron chi connectivity index (χ3n) is 4.90. The fraction of sp³-hybridized carbons (Fsp3) is 0.474. The van der Waals surface area contributed by atoms with E-state index in [-0.39, 0.29) is 5.92 Å². The third kappa shape index (κ3) is 4.30. The van der Waals surface area contributed by atoms with E-state index in [1.165, 1.54) is 4.31 Å². The lowest BCUT2D eigenvalue weighted by Crippen LogP contribution is -2.45. The van der Waals surface area contributed by atoms with Gasteiger partial charge in [0.15, 0.2) is 0 Å². The van der Waals surface area contributed by atoms with Gasteiger partial charge in [0.25, 0.3) is 10.2 Å². The number of piperidine rings is 1. The molecule has 0 radical (unpaired) electrons. The minimum atomic E-state index is -3.46. The molecule has 0 N–H and O–H groups in total. The first-order valence-electron chi connectivity index (χ1n) is 9.18. The zero-order chi connectivity index (χ0) is 20.5. The van der Waals surface area contributed by atoms with Crippen molar-refractivity contribution in [2.45, 2.75) is 18.8 Å². The predicted octanol–water partition coefficient (Wildman–Crippen LogP) is 2.85. The van der Waals surface area contributed by atoms with Crippen LogP contribution in [0.25, 0.3) is 11.1 Å². The van der Waals surface area contributed by atoms with Gasteiger partial charge in [-0.25, -0.2) is 9.97 Å². The van der Waals surface area contributed by atoms with E-state index in [0.29, 0.717) is 24.1 Å². The predicted molar refractivity (Wildman–Crippen MR) is 113 cm³/mol. The zero-order valence-corrected chi connectivity index (χ0v) is 18.2. The Morgan fingerprint density at radius 3 is 2.61 bits per heavy atom. The van der Waals surface area contributed by atoms with Crippen LogP contribution in [0.2, 0.25) is 5.02 Å². The number of hydrogen-bond acceptors (Lipinski definition) is 5. The molecular weight excluding hydrogens is 398 g/mol. The number of hydrogen-bond donors (Lipinski definition) is 0. The van der Waals surface area contributed by atoms with Gasteiger partial charge in [-0.2, -0.15) is 17.0 Å². The van der Waals surface area contributed by atoms with Crippen LogP contribution in [0, 0.1) is 0 Å². The van der Waals surface area contributed by atoms with Gasteiger partial charge in [-0.1, -0.05) is 23.7 Å². The average Bonchev–Trinajstić information content (AvgIpc) is 2.67. The summed E-state index contributed by atoms with van der Waals surface area (Å²) in [6.45, 7) is 0.924. The molecule has 1 aromatic heterocycles. The molecule has 0 unspecified atom stereocenters. The summed E-state index contributed by atoms with van der Waals surface area (Å²) in [6.07, 6.45) is 3.47. The molecule has 1 fully saturated rings. The fourth-order valence-electron chi connectivity index (χ4n) is 3.40. The normalized spacial score (nSPS) is 18.4. The van der Waals surface area contributed by atoms with Gasteiger partial charge in [0.1, 0.15) is 0 Å². The van der Waals surface area contributed by atoms with Crippen molar-refractivity contribution >= 4 is 27.8 Å². The van der Waals surface area contributed by atoms with E-state index >= 15 is 0 Å². The summed E-state index contributed by atoms with van der Waals surface area (Å²) in [5, 5.41) is 0.639. The smallest absolute Gasteiger partial charge is 0.281 e. The molecule has 1 saturated heterocycles. The van der Waals surface area contributed by atoms with Gasteiger partial charge in [-0.05, 0) is 30.5 Å². The van der Waals surface area contributed by atoms with E-state index < -0.39 is 10.2 Å². The molecule has 0 amide bonds. The van der Waals surface area contributed by atoms with Gasteiger partial charge < -0.3 is 4.90 Å². The maximum Gasteiger partial charge on any atom is 0.281 e. The van der Waals surface area contributed by atoms with Crippen molar-refractivity contribution in [3.8, 4) is 11.1 Å². The van der Waals surface area contributed by atoms with Crippen LogP contribution in [0.1, 0.15) is 24.5 Å². The molecule has 0 bridgehead atoms. The van der Waals surface area contributed by atoms with Gasteiger partial charge in [-0.15, -0.1) is 0 Å². The number of anilines is 1. The summed E-state index contributed by atoms with van der Waals surface area (Å²) in [5.41, 5.74) is 2.68. The van der Waals surface area contributed by atoms with E-state index in [0.717, 1.165) is 29.7 Å². The van der Waals surface area contributed by atoms with Crippen LogP contribution in [0.4, 0.5) is 5.95 Å². The molecule has 0 spiro atoms. The van der Waals surface area contributed by atoms with E-state index in [9.17, 15) is 8.42 Å². The first-order chi connectivity index (χ1) is 13.2. The number of benzene rings is 1. The largest absolute Gasteiger partial charge is 0.347 e. The Balaban J connectivity index is 2.05. The molecule has 28 heavy (non-hydrogen) atoms. The van der Waals surface area contributed by atoms with Crippen molar-refractivity contribution in [2.24, 2.45) is 0 Å². The maximum absolute atomic E-state index is 12.6. The SMILES string of the molecule is CN(C)c1ncc(-c2cccc(Cl)c2)c([C@H]2CCCN(S(=O)(=O)N(C)C)C2)n1. The van der Waals surface area contributed by atoms with E-state index in [4.69, 9.17) is 16.6 Å². The van der Waals surface area contributed by atoms with Gasteiger partial charge in [0.2, 0.25) is 5.95 Å². The van der Waals surface area contributed by atoms with Crippen LogP contribution in [-0.2, 0) is 10.2 Å². The maximum atomic E-state index is 12.6. The lowest BCUT2D eigenvalue weighted by atomic mass is 9.91. The Labute approximate surface area is 172 Å². The van der Waals surface area contributed by atoms with Crippen molar-refractivity contribution in [1.82, 2.24) is 18.6 Å². The Bertz CT molecular complexity index is 949. The summed E-state index contributed by atoms with van der Waals surface area (Å²) < 4.78 is 28.1. The Kier molecular flexibility index (Phi) is 6.24. The second kappa shape index (κ2) is 8.32. The first-order valence-corrected chi connectivity index (χ1v) is 11.0. The van der Waals surface area contributed by atoms with Crippen molar-refractivity contribution in [3.63, 3.8) is 0 Å². The van der Waals surface area contributed by atoms with Gasteiger partial charge in [0, 0.05) is 64.0 Å². The molecular formula is C19H26ClN5O2S. The second-order valence-corrected chi connectivity index (χ2v) is 9.94. The third-order valence-corrected chi connectivity index (χ3v) is 7.04. The molecule has 7 nitrogen and oxygen atoms in total. The monoisotopic (exact) mass is 423 g/mol. The molecule has 1 aliphatic heterocycles. The molecule has 2 heterocycles. The molecule has 0 aliphatic carbocycles. The zero-order valence-electron chi connectivity index (χ0n) is 16.6. The van der Waals surface area contributed by atoms with Crippen LogP contribution in [-0.4, -0.2) is 68.3 Å². The second-order valence-electron chi connectivity index (χ2n) is 7.36. The number of rotatable bonds is 5. The van der Waals surface area contributed by atoms with Crippen molar-refractivity contribution < 1.29 is 8.42 Å². The highest BCUT2D eigenvalue weighted by atomic mass is 35.5. The lowest BCUT2D eigenvalue weighted by molar-refractivity contribution is 0.296. The van der Waals surface area contributed by atoms with Gasteiger partial charge in [0.05, 0.1) is 5.69 Å². The van der Waals surface area contributed by atoms with Crippen molar-refractivity contribution in [1.29, 1.82) is 0 Å². The average molecular weight is 424 g/mol.